The van der Waals surface area contributed by atoms with Crippen molar-refractivity contribution in [2.75, 3.05) is 11.4 Å². The van der Waals surface area contributed by atoms with Crippen LogP contribution in [0.2, 0.25) is 0 Å². The summed E-state index contributed by atoms with van der Waals surface area (Å²) < 4.78 is 0. The second kappa shape index (κ2) is 3.85. The fraction of sp³-hybridized carbons (Fsp3) is 0.333. The normalized spacial score (nSPS) is 15.8. The van der Waals surface area contributed by atoms with Crippen molar-refractivity contribution < 1.29 is 9.59 Å². The molecule has 0 atom stereocenters. The highest BCUT2D eigenvalue weighted by atomic mass is 16.2. The molecule has 1 saturated heterocycles. The highest BCUT2D eigenvalue weighted by Gasteiger charge is 2.21. The number of anilines is 1. The van der Waals surface area contributed by atoms with Crippen LogP contribution in [0.5, 0.6) is 0 Å². The number of rotatable bonds is 2. The van der Waals surface area contributed by atoms with Gasteiger partial charge in [0.05, 0.1) is 0 Å². The maximum Gasteiger partial charge on any atom is 0.227 e. The van der Waals surface area contributed by atoms with Crippen LogP contribution in [0.3, 0.4) is 0 Å². The Morgan fingerprint density at radius 3 is 2.73 bits per heavy atom. The summed E-state index contributed by atoms with van der Waals surface area (Å²) in [5.74, 6) is 0.174. The van der Waals surface area contributed by atoms with E-state index in [1.807, 2.05) is 19.1 Å². The molecule has 1 aliphatic heterocycles. The third kappa shape index (κ3) is 1.77. The first kappa shape index (κ1) is 9.90. The molecule has 0 aliphatic carbocycles. The van der Waals surface area contributed by atoms with Gasteiger partial charge < -0.3 is 4.90 Å². The lowest BCUT2D eigenvalue weighted by molar-refractivity contribution is -0.117. The zero-order chi connectivity index (χ0) is 10.8. The van der Waals surface area contributed by atoms with Crippen LogP contribution in [0.15, 0.2) is 18.2 Å². The van der Waals surface area contributed by atoms with Crippen molar-refractivity contribution in [3.05, 3.63) is 29.3 Å². The molecule has 0 aromatic heterocycles. The molecule has 1 fully saturated rings. The van der Waals surface area contributed by atoms with Crippen LogP contribution < -0.4 is 4.90 Å². The molecule has 0 spiro atoms. The molecule has 1 aromatic rings. The van der Waals surface area contributed by atoms with Gasteiger partial charge in [-0.25, -0.2) is 0 Å². The fourth-order valence-electron chi connectivity index (χ4n) is 1.88. The minimum Gasteiger partial charge on any atom is -0.312 e. The predicted octanol–water partition coefficient (Wildman–Crippen LogP) is 1.93. The molecule has 2 rings (SSSR count). The van der Waals surface area contributed by atoms with Gasteiger partial charge >= 0.3 is 0 Å². The first-order chi connectivity index (χ1) is 7.22. The number of hydrogen-bond donors (Lipinski definition) is 0. The van der Waals surface area contributed by atoms with Gasteiger partial charge in [-0.05, 0) is 37.1 Å². The molecule has 0 bridgehead atoms. The number of aryl methyl sites for hydroxylation is 1. The summed E-state index contributed by atoms with van der Waals surface area (Å²) >= 11 is 0. The van der Waals surface area contributed by atoms with Gasteiger partial charge in [0.2, 0.25) is 5.91 Å². The van der Waals surface area contributed by atoms with Gasteiger partial charge in [-0.3, -0.25) is 9.59 Å². The van der Waals surface area contributed by atoms with Crippen molar-refractivity contribution in [3.8, 4) is 0 Å². The maximum atomic E-state index is 11.5. The van der Waals surface area contributed by atoms with Gasteiger partial charge in [0.25, 0.3) is 0 Å². The van der Waals surface area contributed by atoms with E-state index in [-0.39, 0.29) is 5.91 Å². The van der Waals surface area contributed by atoms with Crippen molar-refractivity contribution in [1.29, 1.82) is 0 Å². The highest BCUT2D eigenvalue weighted by Crippen LogP contribution is 2.23. The first-order valence-corrected chi connectivity index (χ1v) is 5.08. The van der Waals surface area contributed by atoms with Crippen molar-refractivity contribution in [2.45, 2.75) is 19.8 Å². The summed E-state index contributed by atoms with van der Waals surface area (Å²) in [4.78, 5) is 23.9. The van der Waals surface area contributed by atoms with Crippen molar-refractivity contribution in [3.63, 3.8) is 0 Å². The van der Waals surface area contributed by atoms with E-state index in [2.05, 4.69) is 0 Å². The Balaban J connectivity index is 2.33. The SMILES string of the molecule is Cc1cc(N2CCCC2=O)ccc1C=O. The second-order valence-corrected chi connectivity index (χ2v) is 3.81. The van der Waals surface area contributed by atoms with Crippen LogP contribution in [0.25, 0.3) is 0 Å². The van der Waals surface area contributed by atoms with Gasteiger partial charge in [0.15, 0.2) is 0 Å². The fourth-order valence-corrected chi connectivity index (χ4v) is 1.88. The number of carbonyl (C=O) groups is 2. The predicted molar refractivity (Wildman–Crippen MR) is 58.2 cm³/mol. The standard InChI is InChI=1S/C12H13NO2/c1-9-7-11(5-4-10(9)8-14)13-6-2-3-12(13)15/h4-5,7-8H,2-3,6H2,1H3. The van der Waals surface area contributed by atoms with E-state index in [1.165, 1.54) is 0 Å². The Kier molecular flexibility index (Phi) is 2.54. The Bertz CT molecular complexity index is 412. The molecule has 15 heavy (non-hydrogen) atoms. The maximum absolute atomic E-state index is 11.5. The number of amides is 1. The molecule has 3 heteroatoms. The summed E-state index contributed by atoms with van der Waals surface area (Å²) in [6.45, 7) is 2.67. The molecular formula is C12H13NO2. The summed E-state index contributed by atoms with van der Waals surface area (Å²) in [6, 6.07) is 5.50. The Morgan fingerprint density at radius 2 is 2.20 bits per heavy atom. The van der Waals surface area contributed by atoms with Crippen LogP contribution in [0.1, 0.15) is 28.8 Å². The number of aldehydes is 1. The van der Waals surface area contributed by atoms with Gasteiger partial charge in [0, 0.05) is 24.2 Å². The molecule has 0 N–H and O–H groups in total. The first-order valence-electron chi connectivity index (χ1n) is 5.08. The monoisotopic (exact) mass is 203 g/mol. The molecule has 0 saturated carbocycles. The number of carbonyl (C=O) groups excluding carboxylic acids is 2. The summed E-state index contributed by atoms with van der Waals surface area (Å²) in [5, 5.41) is 0. The molecule has 1 amide bonds. The Morgan fingerprint density at radius 1 is 1.40 bits per heavy atom. The quantitative estimate of drug-likeness (QED) is 0.689. The van der Waals surface area contributed by atoms with Crippen molar-refractivity contribution in [1.82, 2.24) is 0 Å². The summed E-state index contributed by atoms with van der Waals surface area (Å²) in [6.07, 6.45) is 2.40. The third-order valence-corrected chi connectivity index (χ3v) is 2.77. The zero-order valence-corrected chi connectivity index (χ0v) is 8.69. The minimum atomic E-state index is 0.174. The third-order valence-electron chi connectivity index (χ3n) is 2.77. The van der Waals surface area contributed by atoms with Crippen molar-refractivity contribution >= 4 is 17.9 Å². The number of hydrogen-bond acceptors (Lipinski definition) is 2. The molecule has 1 aromatic carbocycles. The molecule has 3 nitrogen and oxygen atoms in total. The van der Waals surface area contributed by atoms with Crippen LogP contribution in [0, 0.1) is 6.92 Å². The van der Waals surface area contributed by atoms with E-state index in [4.69, 9.17) is 0 Å². The number of benzene rings is 1. The molecule has 0 unspecified atom stereocenters. The number of nitrogens with zero attached hydrogens (tertiary/aromatic N) is 1. The van der Waals surface area contributed by atoms with E-state index in [0.717, 1.165) is 30.5 Å². The largest absolute Gasteiger partial charge is 0.312 e. The van der Waals surface area contributed by atoms with Crippen molar-refractivity contribution in [2.24, 2.45) is 0 Å². The molecule has 1 heterocycles. The highest BCUT2D eigenvalue weighted by molar-refractivity contribution is 5.95. The lowest BCUT2D eigenvalue weighted by Gasteiger charge is -2.16. The average Bonchev–Trinajstić information content (AvgIpc) is 2.64. The molecule has 1 aliphatic rings. The van der Waals surface area contributed by atoms with Gasteiger partial charge in [-0.1, -0.05) is 0 Å². The van der Waals surface area contributed by atoms with Crippen LogP contribution in [0.4, 0.5) is 5.69 Å². The molecule has 0 radical (unpaired) electrons. The average molecular weight is 203 g/mol. The topological polar surface area (TPSA) is 37.4 Å². The van der Waals surface area contributed by atoms with E-state index in [1.54, 1.807) is 11.0 Å². The van der Waals surface area contributed by atoms with Crippen LogP contribution >= 0.6 is 0 Å². The van der Waals surface area contributed by atoms with Gasteiger partial charge in [-0.15, -0.1) is 0 Å². The smallest absolute Gasteiger partial charge is 0.227 e. The van der Waals surface area contributed by atoms with E-state index in [9.17, 15) is 9.59 Å². The lowest BCUT2D eigenvalue weighted by atomic mass is 10.1. The minimum absolute atomic E-state index is 0.174. The molecule has 78 valence electrons. The van der Waals surface area contributed by atoms with Crippen LogP contribution in [-0.2, 0) is 4.79 Å². The Labute approximate surface area is 88.7 Å². The summed E-state index contributed by atoms with van der Waals surface area (Å²) in [5.41, 5.74) is 2.51. The lowest BCUT2D eigenvalue weighted by Crippen LogP contribution is -2.23. The van der Waals surface area contributed by atoms with E-state index < -0.39 is 0 Å². The Hall–Kier alpha value is -1.64. The summed E-state index contributed by atoms with van der Waals surface area (Å²) in [7, 11) is 0. The second-order valence-electron chi connectivity index (χ2n) is 3.81. The van der Waals surface area contributed by atoms with Gasteiger partial charge in [-0.2, -0.15) is 0 Å². The van der Waals surface area contributed by atoms with Crippen LogP contribution in [-0.4, -0.2) is 18.7 Å². The van der Waals surface area contributed by atoms with Gasteiger partial charge in [0.1, 0.15) is 6.29 Å². The molecular weight excluding hydrogens is 190 g/mol. The van der Waals surface area contributed by atoms with E-state index >= 15 is 0 Å². The zero-order valence-electron chi connectivity index (χ0n) is 8.69. The van der Waals surface area contributed by atoms with E-state index in [0.29, 0.717) is 12.0 Å².